The van der Waals surface area contributed by atoms with Crippen molar-refractivity contribution in [3.8, 4) is 0 Å². The molecule has 1 spiro atoms. The number of rotatable bonds is 1. The summed E-state index contributed by atoms with van der Waals surface area (Å²) in [7, 11) is 0. The zero-order valence-corrected chi connectivity index (χ0v) is 10.9. The molecule has 5 heteroatoms. The van der Waals surface area contributed by atoms with E-state index in [9.17, 15) is 9.90 Å². The molecule has 1 aromatic carbocycles. The van der Waals surface area contributed by atoms with Crippen LogP contribution in [0.2, 0.25) is 0 Å². The van der Waals surface area contributed by atoms with Gasteiger partial charge in [0.15, 0.2) is 11.8 Å². The highest BCUT2D eigenvalue weighted by atomic mass is 16.5. The van der Waals surface area contributed by atoms with Gasteiger partial charge < -0.3 is 14.7 Å². The average Bonchev–Trinajstić information content (AvgIpc) is 3.13. The Labute approximate surface area is 120 Å². The van der Waals surface area contributed by atoms with Crippen LogP contribution in [-0.2, 0) is 9.53 Å². The highest BCUT2D eigenvalue weighted by molar-refractivity contribution is 5.99. The number of aliphatic carboxylic acids is 1. The first-order valence-corrected chi connectivity index (χ1v) is 6.70. The maximum Gasteiger partial charge on any atom is 0.339 e. The molecule has 102 valence electrons. The van der Waals surface area contributed by atoms with Crippen LogP contribution >= 0.6 is 0 Å². The second kappa shape index (κ2) is 3.25. The van der Waals surface area contributed by atoms with Crippen LogP contribution in [0, 0.1) is 0 Å². The van der Waals surface area contributed by atoms with Crippen molar-refractivity contribution >= 4 is 17.9 Å². The molecular weight excluding hydrogens is 268 g/mol. The molecule has 2 bridgehead atoms. The number of aliphatic imine (C=N–C) groups is 1. The molecule has 5 rings (SSSR count). The molecule has 0 aliphatic carbocycles. The van der Waals surface area contributed by atoms with E-state index in [1.54, 1.807) is 6.08 Å². The van der Waals surface area contributed by atoms with Gasteiger partial charge in [0, 0.05) is 23.6 Å². The number of nitrogens with zero attached hydrogens (tertiary/aromatic N) is 2. The number of ether oxygens (including phenoxy) is 1. The van der Waals surface area contributed by atoms with E-state index in [-0.39, 0.29) is 11.7 Å². The Morgan fingerprint density at radius 3 is 3.10 bits per heavy atom. The summed E-state index contributed by atoms with van der Waals surface area (Å²) in [6.07, 6.45) is 7.06. The zero-order chi connectivity index (χ0) is 14.2. The summed E-state index contributed by atoms with van der Waals surface area (Å²) >= 11 is 0. The molecule has 1 N–H and O–H groups in total. The van der Waals surface area contributed by atoms with Crippen LogP contribution < -0.4 is 4.90 Å². The summed E-state index contributed by atoms with van der Waals surface area (Å²) in [4.78, 5) is 18.1. The molecule has 5 nitrogen and oxygen atoms in total. The number of hydrogen-bond donors (Lipinski definition) is 1. The maximum atomic E-state index is 11.5. The van der Waals surface area contributed by atoms with Crippen molar-refractivity contribution in [2.75, 3.05) is 4.90 Å². The molecule has 0 saturated carbocycles. The average molecular weight is 278 g/mol. The number of allylic oxidation sites excluding steroid dienone is 1. The third kappa shape index (κ3) is 1.09. The smallest absolute Gasteiger partial charge is 0.339 e. The van der Waals surface area contributed by atoms with Gasteiger partial charge >= 0.3 is 5.97 Å². The highest BCUT2D eigenvalue weighted by Crippen LogP contribution is 2.54. The Morgan fingerprint density at radius 2 is 2.24 bits per heavy atom. The lowest BCUT2D eigenvalue weighted by molar-refractivity contribution is -0.132. The van der Waals surface area contributed by atoms with E-state index >= 15 is 0 Å². The van der Waals surface area contributed by atoms with Gasteiger partial charge in [-0.3, -0.25) is 4.99 Å². The monoisotopic (exact) mass is 278 g/mol. The number of carboxylic acids is 1. The van der Waals surface area contributed by atoms with Gasteiger partial charge in [-0.05, 0) is 18.2 Å². The van der Waals surface area contributed by atoms with Gasteiger partial charge in [-0.1, -0.05) is 18.2 Å². The van der Waals surface area contributed by atoms with Crippen LogP contribution in [0.1, 0.15) is 5.56 Å². The lowest BCUT2D eigenvalue weighted by atomic mass is 9.87. The van der Waals surface area contributed by atoms with Crippen molar-refractivity contribution in [2.24, 2.45) is 4.99 Å². The fourth-order valence-electron chi connectivity index (χ4n) is 3.50. The van der Waals surface area contributed by atoms with Gasteiger partial charge in [0.1, 0.15) is 11.3 Å². The summed E-state index contributed by atoms with van der Waals surface area (Å²) < 4.78 is 5.91. The van der Waals surface area contributed by atoms with Crippen molar-refractivity contribution in [3.63, 3.8) is 0 Å². The van der Waals surface area contributed by atoms with Gasteiger partial charge in [0.25, 0.3) is 0 Å². The van der Waals surface area contributed by atoms with Crippen molar-refractivity contribution in [1.82, 2.24) is 0 Å². The zero-order valence-electron chi connectivity index (χ0n) is 10.9. The topological polar surface area (TPSA) is 62.1 Å². The summed E-state index contributed by atoms with van der Waals surface area (Å²) in [5.41, 5.74) is 2.19. The normalized spacial score (nSPS) is 30.0. The quantitative estimate of drug-likeness (QED) is 0.851. The molecule has 4 aliphatic heterocycles. The number of anilines is 1. The summed E-state index contributed by atoms with van der Waals surface area (Å²) in [5, 5.41) is 9.44. The SMILES string of the molecule is O=C(O)C1=C2C=CC3(O2)C1=CN1c2ccccc2C=NC13. The van der Waals surface area contributed by atoms with Crippen molar-refractivity contribution < 1.29 is 14.6 Å². The van der Waals surface area contributed by atoms with Gasteiger partial charge in [0.2, 0.25) is 0 Å². The maximum absolute atomic E-state index is 11.5. The van der Waals surface area contributed by atoms with Gasteiger partial charge in [0.05, 0.1) is 5.69 Å². The lowest BCUT2D eigenvalue weighted by Crippen LogP contribution is -2.45. The van der Waals surface area contributed by atoms with Crippen LogP contribution in [-0.4, -0.2) is 29.1 Å². The molecular formula is C16H10N2O3. The largest absolute Gasteiger partial charge is 0.478 e. The Bertz CT molecular complexity index is 834. The number of hydrogen-bond acceptors (Lipinski definition) is 4. The molecule has 1 aromatic rings. The van der Waals surface area contributed by atoms with E-state index in [1.807, 2.05) is 47.7 Å². The Balaban J connectivity index is 1.74. The predicted octanol–water partition coefficient (Wildman–Crippen LogP) is 1.83. The lowest BCUT2D eigenvalue weighted by Gasteiger charge is -2.34. The van der Waals surface area contributed by atoms with Crippen molar-refractivity contribution in [3.05, 3.63) is 65.1 Å². The molecule has 0 aromatic heterocycles. The molecule has 0 fully saturated rings. The Kier molecular flexibility index (Phi) is 1.69. The second-order valence-electron chi connectivity index (χ2n) is 5.43. The van der Waals surface area contributed by atoms with E-state index in [4.69, 9.17) is 4.74 Å². The first kappa shape index (κ1) is 10.9. The molecule has 4 aliphatic rings. The molecule has 21 heavy (non-hydrogen) atoms. The van der Waals surface area contributed by atoms with Crippen LogP contribution in [0.3, 0.4) is 0 Å². The number of para-hydroxylation sites is 1. The van der Waals surface area contributed by atoms with E-state index < -0.39 is 11.6 Å². The fourth-order valence-corrected chi connectivity index (χ4v) is 3.50. The van der Waals surface area contributed by atoms with Crippen LogP contribution in [0.15, 0.2) is 64.5 Å². The van der Waals surface area contributed by atoms with E-state index in [1.165, 1.54) is 0 Å². The van der Waals surface area contributed by atoms with Gasteiger partial charge in [-0.2, -0.15) is 0 Å². The fraction of sp³-hybridized carbons (Fsp3) is 0.125. The second-order valence-corrected chi connectivity index (χ2v) is 5.43. The van der Waals surface area contributed by atoms with E-state index in [2.05, 4.69) is 4.99 Å². The number of benzene rings is 1. The van der Waals surface area contributed by atoms with Gasteiger partial charge in [-0.25, -0.2) is 4.79 Å². The minimum Gasteiger partial charge on any atom is -0.478 e. The summed E-state index contributed by atoms with van der Waals surface area (Å²) in [6, 6.07) is 7.92. The summed E-state index contributed by atoms with van der Waals surface area (Å²) in [6.45, 7) is 0. The van der Waals surface area contributed by atoms with Crippen LogP contribution in [0.4, 0.5) is 5.69 Å². The molecule has 4 heterocycles. The van der Waals surface area contributed by atoms with Crippen molar-refractivity contribution in [1.29, 1.82) is 0 Å². The first-order valence-electron chi connectivity index (χ1n) is 6.70. The predicted molar refractivity (Wildman–Crippen MR) is 76.0 cm³/mol. The third-order valence-corrected chi connectivity index (χ3v) is 4.40. The van der Waals surface area contributed by atoms with E-state index in [0.717, 1.165) is 11.3 Å². The first-order chi connectivity index (χ1) is 10.2. The Morgan fingerprint density at radius 1 is 1.38 bits per heavy atom. The number of carboxylic acid groups (broad SMARTS) is 1. The van der Waals surface area contributed by atoms with Gasteiger partial charge in [-0.15, -0.1) is 0 Å². The minimum absolute atomic E-state index is 0.250. The molecule has 0 amide bonds. The molecule has 0 saturated heterocycles. The van der Waals surface area contributed by atoms with Crippen molar-refractivity contribution in [2.45, 2.75) is 11.8 Å². The molecule has 0 radical (unpaired) electrons. The van der Waals surface area contributed by atoms with Crippen LogP contribution in [0.25, 0.3) is 0 Å². The number of fused-ring (bicyclic) bond motifs is 4. The van der Waals surface area contributed by atoms with E-state index in [0.29, 0.717) is 11.3 Å². The highest BCUT2D eigenvalue weighted by Gasteiger charge is 2.60. The standard InChI is InChI=1S/C16H10N2O3/c19-14(20)13-10-8-18-11-4-2-1-3-9(11)7-17-15(18)16(10)6-5-12(13)21-16/h1-8,15H,(H,19,20). The third-order valence-electron chi connectivity index (χ3n) is 4.40. The van der Waals surface area contributed by atoms with Crippen LogP contribution in [0.5, 0.6) is 0 Å². The Hall–Kier alpha value is -2.82. The molecule has 2 atom stereocenters. The minimum atomic E-state index is -0.959. The summed E-state index contributed by atoms with van der Waals surface area (Å²) in [5.74, 6) is -0.526. The number of carbonyl (C=O) groups is 1. The molecule has 2 unspecified atom stereocenters.